The van der Waals surface area contributed by atoms with Crippen molar-refractivity contribution >= 4 is 0 Å². The van der Waals surface area contributed by atoms with E-state index in [-0.39, 0.29) is 0 Å². The Morgan fingerprint density at radius 1 is 1.26 bits per heavy atom. The fraction of sp³-hybridized carbons (Fsp3) is 0.400. The van der Waals surface area contributed by atoms with Gasteiger partial charge in [0, 0.05) is 19.3 Å². The molecule has 1 aromatic carbocycles. The molecule has 0 saturated carbocycles. The number of nitrogens with one attached hydrogen (secondary N) is 1. The number of nitrogens with zero attached hydrogens (tertiary/aromatic N) is 2. The Morgan fingerprint density at radius 2 is 2.05 bits per heavy atom. The first-order valence-corrected chi connectivity index (χ1v) is 6.64. The summed E-state index contributed by atoms with van der Waals surface area (Å²) < 4.78 is 7.94. The molecule has 0 radical (unpaired) electrons. The van der Waals surface area contributed by atoms with Gasteiger partial charge in [-0.15, -0.1) is 0 Å². The van der Waals surface area contributed by atoms with Crippen molar-refractivity contribution in [2.24, 2.45) is 0 Å². The van der Waals surface area contributed by atoms with E-state index in [1.54, 1.807) is 0 Å². The van der Waals surface area contributed by atoms with Gasteiger partial charge in [0.1, 0.15) is 11.6 Å². The van der Waals surface area contributed by atoms with Crippen molar-refractivity contribution in [3.05, 3.63) is 48.0 Å². The summed E-state index contributed by atoms with van der Waals surface area (Å²) in [6.07, 6.45) is 2.91. The molecule has 0 aliphatic carbocycles. The Bertz CT molecular complexity index is 493. The number of benzene rings is 1. The van der Waals surface area contributed by atoms with E-state index in [0.717, 1.165) is 37.7 Å². The molecule has 1 N–H and O–H groups in total. The molecule has 0 saturated heterocycles. The van der Waals surface area contributed by atoms with Crippen molar-refractivity contribution < 1.29 is 4.74 Å². The molecule has 4 heteroatoms. The molecule has 1 aromatic heterocycles. The van der Waals surface area contributed by atoms with Crippen LogP contribution in [0.1, 0.15) is 17.9 Å². The van der Waals surface area contributed by atoms with Gasteiger partial charge in [-0.25, -0.2) is 4.98 Å². The predicted octanol–water partition coefficient (Wildman–Crippen LogP) is 2.38. The van der Waals surface area contributed by atoms with Gasteiger partial charge in [0.05, 0.1) is 12.3 Å². The molecule has 0 amide bonds. The Kier molecular flexibility index (Phi) is 4.98. The quantitative estimate of drug-likeness (QED) is 0.776. The second-order valence-electron chi connectivity index (χ2n) is 4.49. The van der Waals surface area contributed by atoms with Crippen LogP contribution < -0.4 is 10.1 Å². The Hall–Kier alpha value is -1.81. The summed E-state index contributed by atoms with van der Waals surface area (Å²) in [6, 6.07) is 9.93. The summed E-state index contributed by atoms with van der Waals surface area (Å²) in [7, 11) is 1.95. The zero-order valence-electron chi connectivity index (χ0n) is 11.6. The zero-order chi connectivity index (χ0) is 13.5. The van der Waals surface area contributed by atoms with Gasteiger partial charge in [-0.3, -0.25) is 0 Å². The first kappa shape index (κ1) is 13.6. The van der Waals surface area contributed by atoms with Crippen LogP contribution in [0.5, 0.6) is 5.75 Å². The largest absolute Gasteiger partial charge is 0.494 e. The molecular weight excluding hydrogens is 238 g/mol. The van der Waals surface area contributed by atoms with Gasteiger partial charge in [-0.1, -0.05) is 18.2 Å². The maximum Gasteiger partial charge on any atom is 0.119 e. The number of para-hydroxylation sites is 1. The van der Waals surface area contributed by atoms with Crippen LogP contribution in [0, 0.1) is 6.92 Å². The molecule has 0 bridgehead atoms. The second-order valence-corrected chi connectivity index (χ2v) is 4.49. The monoisotopic (exact) mass is 259 g/mol. The van der Waals surface area contributed by atoms with Crippen molar-refractivity contribution in [2.45, 2.75) is 26.4 Å². The average molecular weight is 259 g/mol. The second kappa shape index (κ2) is 6.95. The number of aryl methyl sites for hydroxylation is 1. The summed E-state index contributed by atoms with van der Waals surface area (Å²) in [5, 5.41) is 3.16. The third-order valence-corrected chi connectivity index (χ3v) is 3.03. The summed E-state index contributed by atoms with van der Waals surface area (Å²) in [6.45, 7) is 4.55. The van der Waals surface area contributed by atoms with Gasteiger partial charge >= 0.3 is 0 Å². The first-order valence-electron chi connectivity index (χ1n) is 6.64. The Labute approximate surface area is 114 Å². The van der Waals surface area contributed by atoms with Gasteiger partial charge in [0.2, 0.25) is 0 Å². The van der Waals surface area contributed by atoms with Crippen LogP contribution in [-0.4, -0.2) is 23.2 Å². The van der Waals surface area contributed by atoms with E-state index in [1.165, 1.54) is 5.69 Å². The predicted molar refractivity (Wildman–Crippen MR) is 76.3 cm³/mol. The number of rotatable bonds is 7. The minimum absolute atomic E-state index is 0.723. The van der Waals surface area contributed by atoms with E-state index in [2.05, 4.69) is 14.9 Å². The highest BCUT2D eigenvalue weighted by Crippen LogP contribution is 2.10. The van der Waals surface area contributed by atoms with Gasteiger partial charge < -0.3 is 14.6 Å². The Balaban J connectivity index is 1.81. The molecule has 0 unspecified atom stereocenters. The molecule has 1 heterocycles. The van der Waals surface area contributed by atoms with Crippen molar-refractivity contribution in [1.29, 1.82) is 0 Å². The molecule has 0 spiro atoms. The smallest absolute Gasteiger partial charge is 0.119 e. The lowest BCUT2D eigenvalue weighted by Crippen LogP contribution is -2.13. The van der Waals surface area contributed by atoms with Crippen LogP contribution >= 0.6 is 0 Å². The molecule has 0 aliphatic heterocycles. The van der Waals surface area contributed by atoms with E-state index >= 15 is 0 Å². The minimum atomic E-state index is 0.723. The van der Waals surface area contributed by atoms with Crippen LogP contribution in [0.25, 0.3) is 0 Å². The maximum absolute atomic E-state index is 5.69. The van der Waals surface area contributed by atoms with E-state index in [9.17, 15) is 0 Å². The number of aromatic nitrogens is 2. The SMILES string of the molecule is CNCc1cnc(C)n1CCCOc1ccccc1. The van der Waals surface area contributed by atoms with E-state index in [4.69, 9.17) is 4.74 Å². The van der Waals surface area contributed by atoms with Gasteiger partial charge in [0.15, 0.2) is 0 Å². The lowest BCUT2D eigenvalue weighted by Gasteiger charge is -2.11. The van der Waals surface area contributed by atoms with Crippen LogP contribution in [0.2, 0.25) is 0 Å². The average Bonchev–Trinajstić information content (AvgIpc) is 2.78. The molecule has 4 nitrogen and oxygen atoms in total. The molecule has 102 valence electrons. The van der Waals surface area contributed by atoms with Crippen LogP contribution in [0.15, 0.2) is 36.5 Å². The summed E-state index contributed by atoms with van der Waals surface area (Å²) in [5.74, 6) is 1.99. The van der Waals surface area contributed by atoms with Gasteiger partial charge in [-0.2, -0.15) is 0 Å². The fourth-order valence-corrected chi connectivity index (χ4v) is 2.07. The topological polar surface area (TPSA) is 39.1 Å². The minimum Gasteiger partial charge on any atom is -0.494 e. The van der Waals surface area contributed by atoms with E-state index < -0.39 is 0 Å². The molecular formula is C15H21N3O. The molecule has 2 aromatic rings. The van der Waals surface area contributed by atoms with E-state index in [0.29, 0.717) is 0 Å². The van der Waals surface area contributed by atoms with Crippen molar-refractivity contribution in [3.63, 3.8) is 0 Å². The van der Waals surface area contributed by atoms with Crippen LogP contribution in [0.4, 0.5) is 0 Å². The van der Waals surface area contributed by atoms with Crippen molar-refractivity contribution in [3.8, 4) is 5.75 Å². The van der Waals surface area contributed by atoms with Crippen molar-refractivity contribution in [2.75, 3.05) is 13.7 Å². The van der Waals surface area contributed by atoms with Crippen LogP contribution in [0.3, 0.4) is 0 Å². The number of imidazole rings is 1. The highest BCUT2D eigenvalue weighted by Gasteiger charge is 2.05. The molecule has 0 fully saturated rings. The lowest BCUT2D eigenvalue weighted by molar-refractivity contribution is 0.300. The summed E-state index contributed by atoms with van der Waals surface area (Å²) >= 11 is 0. The number of hydrogen-bond acceptors (Lipinski definition) is 3. The number of hydrogen-bond donors (Lipinski definition) is 1. The zero-order valence-corrected chi connectivity index (χ0v) is 11.6. The summed E-state index contributed by atoms with van der Waals surface area (Å²) in [5.41, 5.74) is 1.22. The van der Waals surface area contributed by atoms with Crippen LogP contribution in [-0.2, 0) is 13.1 Å². The molecule has 19 heavy (non-hydrogen) atoms. The highest BCUT2D eigenvalue weighted by atomic mass is 16.5. The first-order chi connectivity index (χ1) is 9.31. The standard InChI is InChI=1S/C15H21N3O/c1-13-17-12-14(11-16-2)18(13)9-6-10-19-15-7-4-3-5-8-15/h3-5,7-8,12,16H,6,9-11H2,1-2H3. The highest BCUT2D eigenvalue weighted by molar-refractivity contribution is 5.20. The fourth-order valence-electron chi connectivity index (χ4n) is 2.07. The normalized spacial score (nSPS) is 10.6. The van der Waals surface area contributed by atoms with Crippen molar-refractivity contribution in [1.82, 2.24) is 14.9 Å². The third-order valence-electron chi connectivity index (χ3n) is 3.03. The lowest BCUT2D eigenvalue weighted by atomic mass is 10.3. The van der Waals surface area contributed by atoms with Gasteiger partial charge in [0.25, 0.3) is 0 Å². The van der Waals surface area contributed by atoms with Gasteiger partial charge in [-0.05, 0) is 32.5 Å². The third kappa shape index (κ3) is 3.83. The molecule has 2 rings (SSSR count). The summed E-state index contributed by atoms with van der Waals surface area (Å²) in [4.78, 5) is 4.35. The number of ether oxygens (including phenoxy) is 1. The maximum atomic E-state index is 5.69. The molecule has 0 aliphatic rings. The van der Waals surface area contributed by atoms with E-state index in [1.807, 2.05) is 50.5 Å². The Morgan fingerprint density at radius 3 is 2.79 bits per heavy atom. The molecule has 0 atom stereocenters.